The molecule has 2 aromatic rings. The Kier molecular flexibility index (Phi) is 3.63. The number of nitro benzene ring substituents is 1. The molecule has 0 unspecified atom stereocenters. The van der Waals surface area contributed by atoms with Crippen molar-refractivity contribution in [2.75, 3.05) is 0 Å². The predicted octanol–water partition coefficient (Wildman–Crippen LogP) is 4.19. The number of hydrogen-bond acceptors (Lipinski definition) is 4. The van der Waals surface area contributed by atoms with Crippen LogP contribution in [0.25, 0.3) is 11.3 Å². The minimum atomic E-state index is -0.488. The fraction of sp³-hybridized carbons (Fsp3) is 0. The highest BCUT2D eigenvalue weighted by molar-refractivity contribution is 9.11. The second kappa shape index (κ2) is 5.03. The third kappa shape index (κ3) is 2.37. The van der Waals surface area contributed by atoms with Crippen molar-refractivity contribution >= 4 is 43.8 Å². The average Bonchev–Trinajstić information content (AvgIpc) is 2.79. The number of halogens is 2. The fourth-order valence-corrected chi connectivity index (χ4v) is 2.44. The first kappa shape index (κ1) is 13.0. The van der Waals surface area contributed by atoms with Crippen molar-refractivity contribution in [1.29, 1.82) is 0 Å². The molecule has 0 radical (unpaired) electrons. The molecule has 0 saturated carbocycles. The van der Waals surface area contributed by atoms with Gasteiger partial charge in [0.15, 0.2) is 12.0 Å². The Labute approximate surface area is 118 Å². The first-order valence-electron chi connectivity index (χ1n) is 4.71. The largest absolute Gasteiger partial charge is 0.453 e. The smallest absolute Gasteiger partial charge is 0.284 e. The van der Waals surface area contributed by atoms with E-state index in [0.29, 0.717) is 26.6 Å². The van der Waals surface area contributed by atoms with Gasteiger partial charge >= 0.3 is 0 Å². The Hall–Kier alpha value is -1.47. The van der Waals surface area contributed by atoms with Gasteiger partial charge < -0.3 is 4.42 Å². The van der Waals surface area contributed by atoms with Gasteiger partial charge in [-0.05, 0) is 50.1 Å². The lowest BCUT2D eigenvalue weighted by Gasteiger charge is -2.03. The molecule has 0 bridgehead atoms. The third-order valence-corrected chi connectivity index (χ3v) is 3.53. The highest BCUT2D eigenvalue weighted by atomic mass is 79.9. The molecule has 0 aliphatic heterocycles. The number of furan rings is 1. The van der Waals surface area contributed by atoms with Crippen molar-refractivity contribution in [3.8, 4) is 11.3 Å². The highest BCUT2D eigenvalue weighted by Gasteiger charge is 2.17. The maximum Gasteiger partial charge on any atom is 0.284 e. The Bertz CT molecular complexity index is 636. The topological polar surface area (TPSA) is 73.3 Å². The summed E-state index contributed by atoms with van der Waals surface area (Å²) in [6.45, 7) is 0. The predicted molar refractivity (Wildman–Crippen MR) is 71.6 cm³/mol. The van der Waals surface area contributed by atoms with E-state index in [9.17, 15) is 14.9 Å². The molecule has 0 N–H and O–H groups in total. The number of aldehydes is 1. The quantitative estimate of drug-likeness (QED) is 0.458. The second-order valence-corrected chi connectivity index (χ2v) is 5.07. The van der Waals surface area contributed by atoms with Crippen LogP contribution >= 0.6 is 31.9 Å². The van der Waals surface area contributed by atoms with E-state index in [0.717, 1.165) is 0 Å². The monoisotopic (exact) mass is 373 g/mol. The van der Waals surface area contributed by atoms with Gasteiger partial charge in [-0.3, -0.25) is 14.9 Å². The van der Waals surface area contributed by atoms with Gasteiger partial charge in [0, 0.05) is 16.1 Å². The van der Waals surface area contributed by atoms with E-state index in [1.165, 1.54) is 12.1 Å². The molecule has 92 valence electrons. The van der Waals surface area contributed by atoms with E-state index < -0.39 is 4.92 Å². The molecule has 2 rings (SSSR count). The van der Waals surface area contributed by atoms with Crippen molar-refractivity contribution in [3.05, 3.63) is 49.1 Å². The van der Waals surface area contributed by atoms with E-state index >= 15 is 0 Å². The van der Waals surface area contributed by atoms with Gasteiger partial charge in [0.2, 0.25) is 0 Å². The van der Waals surface area contributed by atoms with Crippen molar-refractivity contribution in [1.82, 2.24) is 0 Å². The van der Waals surface area contributed by atoms with Crippen molar-refractivity contribution in [2.45, 2.75) is 0 Å². The Morgan fingerprint density at radius 2 is 1.94 bits per heavy atom. The summed E-state index contributed by atoms with van der Waals surface area (Å²) in [7, 11) is 0. The summed E-state index contributed by atoms with van der Waals surface area (Å²) in [5.41, 5.74) is 0.577. The average molecular weight is 375 g/mol. The molecule has 1 aromatic heterocycles. The maximum absolute atomic E-state index is 10.8. The Balaban J connectivity index is 2.55. The minimum Gasteiger partial charge on any atom is -0.453 e. The Morgan fingerprint density at radius 1 is 1.22 bits per heavy atom. The zero-order valence-corrected chi connectivity index (χ0v) is 11.9. The molecule has 18 heavy (non-hydrogen) atoms. The van der Waals surface area contributed by atoms with Crippen molar-refractivity contribution in [2.24, 2.45) is 0 Å². The lowest BCUT2D eigenvalue weighted by molar-refractivity contribution is -0.385. The van der Waals surface area contributed by atoms with Crippen LogP contribution in [0.4, 0.5) is 5.69 Å². The molecule has 0 aliphatic carbocycles. The number of nitrogens with zero attached hydrogens (tertiary/aromatic N) is 1. The zero-order chi connectivity index (χ0) is 13.3. The molecule has 5 nitrogen and oxygen atoms in total. The molecule has 1 heterocycles. The first-order valence-corrected chi connectivity index (χ1v) is 6.30. The molecule has 0 saturated heterocycles. The number of carbonyl (C=O) groups excluding carboxylic acids is 1. The number of benzene rings is 1. The van der Waals surface area contributed by atoms with E-state index in [2.05, 4.69) is 31.9 Å². The van der Waals surface area contributed by atoms with Crippen LogP contribution < -0.4 is 0 Å². The first-order chi connectivity index (χ1) is 8.52. The molecule has 7 heteroatoms. The fourth-order valence-electron chi connectivity index (χ4n) is 1.43. The molecule has 0 amide bonds. The van der Waals surface area contributed by atoms with Gasteiger partial charge in [0.25, 0.3) is 5.69 Å². The summed E-state index contributed by atoms with van der Waals surface area (Å²) in [5, 5.41) is 10.8. The van der Waals surface area contributed by atoms with Gasteiger partial charge in [0.05, 0.1) is 9.40 Å². The standard InChI is InChI=1S/C11H5Br2NO4/c12-8-4-10(14(16)17)9(13)3-7(8)11-2-1-6(5-15)18-11/h1-5H. The zero-order valence-electron chi connectivity index (χ0n) is 8.72. The number of nitro groups is 1. The van der Waals surface area contributed by atoms with Gasteiger partial charge in [-0.2, -0.15) is 0 Å². The van der Waals surface area contributed by atoms with E-state index in [1.807, 2.05) is 0 Å². The number of carbonyl (C=O) groups is 1. The lowest BCUT2D eigenvalue weighted by Crippen LogP contribution is -1.90. The molecule has 0 aliphatic rings. The minimum absolute atomic E-state index is 0.0483. The normalized spacial score (nSPS) is 10.3. The summed E-state index contributed by atoms with van der Waals surface area (Å²) in [4.78, 5) is 20.8. The van der Waals surface area contributed by atoms with Crippen molar-refractivity contribution in [3.63, 3.8) is 0 Å². The molecular formula is C11H5Br2NO4. The molecular weight excluding hydrogens is 370 g/mol. The highest BCUT2D eigenvalue weighted by Crippen LogP contribution is 2.37. The molecule has 0 fully saturated rings. The number of rotatable bonds is 3. The summed E-state index contributed by atoms with van der Waals surface area (Å²) >= 11 is 6.37. The van der Waals surface area contributed by atoms with E-state index in [-0.39, 0.29) is 11.4 Å². The summed E-state index contributed by atoms with van der Waals surface area (Å²) in [6, 6.07) is 6.10. The van der Waals surface area contributed by atoms with Gasteiger partial charge in [-0.1, -0.05) is 0 Å². The molecule has 0 atom stereocenters. The summed E-state index contributed by atoms with van der Waals surface area (Å²) < 4.78 is 6.13. The van der Waals surface area contributed by atoms with Crippen LogP contribution in [-0.2, 0) is 0 Å². The van der Waals surface area contributed by atoms with E-state index in [4.69, 9.17) is 4.42 Å². The van der Waals surface area contributed by atoms with Crippen LogP contribution in [0.5, 0.6) is 0 Å². The molecule has 1 aromatic carbocycles. The van der Waals surface area contributed by atoms with Crippen LogP contribution in [0.3, 0.4) is 0 Å². The third-order valence-electron chi connectivity index (χ3n) is 2.24. The number of hydrogen-bond donors (Lipinski definition) is 0. The van der Waals surface area contributed by atoms with Crippen LogP contribution in [-0.4, -0.2) is 11.2 Å². The second-order valence-electron chi connectivity index (χ2n) is 3.36. The molecule has 0 spiro atoms. The van der Waals surface area contributed by atoms with Crippen LogP contribution in [0.15, 0.2) is 37.6 Å². The summed E-state index contributed by atoms with van der Waals surface area (Å²) in [6.07, 6.45) is 0.595. The van der Waals surface area contributed by atoms with Crippen LogP contribution in [0.1, 0.15) is 10.6 Å². The maximum atomic E-state index is 10.8. The van der Waals surface area contributed by atoms with Gasteiger partial charge in [-0.15, -0.1) is 0 Å². The Morgan fingerprint density at radius 3 is 2.50 bits per heavy atom. The van der Waals surface area contributed by atoms with Crippen molar-refractivity contribution < 1.29 is 14.1 Å². The SMILES string of the molecule is O=Cc1ccc(-c2cc(Br)c([N+](=O)[O-])cc2Br)o1. The van der Waals surface area contributed by atoms with Crippen LogP contribution in [0.2, 0.25) is 0 Å². The summed E-state index contributed by atoms with van der Waals surface area (Å²) in [5.74, 6) is 0.658. The van der Waals surface area contributed by atoms with Gasteiger partial charge in [-0.25, -0.2) is 0 Å². The van der Waals surface area contributed by atoms with E-state index in [1.54, 1.807) is 12.1 Å². The van der Waals surface area contributed by atoms with Gasteiger partial charge in [0.1, 0.15) is 5.76 Å². The van der Waals surface area contributed by atoms with Crippen LogP contribution in [0, 0.1) is 10.1 Å². The lowest BCUT2D eigenvalue weighted by atomic mass is 10.1.